The predicted octanol–water partition coefficient (Wildman–Crippen LogP) is 3.95. The molecule has 2 aliphatic rings. The third-order valence-corrected chi connectivity index (χ3v) is 6.82. The number of benzene rings is 1. The molecular weight excluding hydrogens is 454 g/mol. The maximum absolute atomic E-state index is 12.9. The van der Waals surface area contributed by atoms with Crippen LogP contribution in [0, 0.1) is 5.92 Å². The fourth-order valence-electron chi connectivity index (χ4n) is 4.58. The average molecular weight is 492 g/mol. The molecule has 8 nitrogen and oxygen atoms in total. The first-order valence-electron chi connectivity index (χ1n) is 12.4. The molecule has 0 atom stereocenters. The summed E-state index contributed by atoms with van der Waals surface area (Å²) in [5, 5.41) is 6.28. The van der Waals surface area contributed by atoms with E-state index < -0.39 is 0 Å². The summed E-state index contributed by atoms with van der Waals surface area (Å²) in [4.78, 5) is 43.7. The van der Waals surface area contributed by atoms with E-state index in [1.165, 1.54) is 0 Å². The molecule has 188 valence electrons. The number of nitrogens with zero attached hydrogens (tertiary/aromatic N) is 3. The highest BCUT2D eigenvalue weighted by atomic mass is 35.5. The lowest BCUT2D eigenvalue weighted by molar-refractivity contribution is -0.140. The Morgan fingerprint density at radius 3 is 2.29 bits per heavy atom. The van der Waals surface area contributed by atoms with Crippen LogP contribution < -0.4 is 15.5 Å². The van der Waals surface area contributed by atoms with Gasteiger partial charge in [-0.1, -0.05) is 24.4 Å². The molecule has 0 aromatic heterocycles. The third-order valence-electron chi connectivity index (χ3n) is 6.49. The molecule has 0 unspecified atom stereocenters. The Balaban J connectivity index is 1.61. The van der Waals surface area contributed by atoms with Crippen molar-refractivity contribution < 1.29 is 14.4 Å². The predicted molar refractivity (Wildman–Crippen MR) is 136 cm³/mol. The van der Waals surface area contributed by atoms with Gasteiger partial charge in [0.15, 0.2) is 0 Å². The first-order chi connectivity index (χ1) is 16.2. The molecule has 3 rings (SSSR count). The molecule has 0 spiro atoms. The van der Waals surface area contributed by atoms with E-state index in [0.29, 0.717) is 36.9 Å². The van der Waals surface area contributed by atoms with Crippen molar-refractivity contribution in [1.82, 2.24) is 15.1 Å². The van der Waals surface area contributed by atoms with Crippen molar-refractivity contribution in [2.24, 2.45) is 5.92 Å². The normalized spacial score (nSPS) is 16.8. The van der Waals surface area contributed by atoms with Crippen LogP contribution in [0.15, 0.2) is 18.2 Å². The Bertz CT molecular complexity index is 877. The summed E-state index contributed by atoms with van der Waals surface area (Å²) >= 11 is 6.38. The summed E-state index contributed by atoms with van der Waals surface area (Å²) in [5.74, 6) is -0.153. The first kappa shape index (κ1) is 26.1. The molecule has 1 saturated heterocycles. The summed E-state index contributed by atoms with van der Waals surface area (Å²) in [6.45, 7) is 10.4. The molecular formula is C25H38ClN5O3. The molecule has 1 aliphatic heterocycles. The van der Waals surface area contributed by atoms with Crippen molar-refractivity contribution in [1.29, 1.82) is 0 Å². The minimum Gasteiger partial charge on any atom is -0.368 e. The van der Waals surface area contributed by atoms with Gasteiger partial charge >= 0.3 is 6.03 Å². The Hall–Kier alpha value is -2.48. The molecule has 34 heavy (non-hydrogen) atoms. The van der Waals surface area contributed by atoms with Crippen LogP contribution in [0.3, 0.4) is 0 Å². The molecule has 1 aromatic rings. The number of carbonyl (C=O) groups excluding carboxylic acids is 3. The van der Waals surface area contributed by atoms with Gasteiger partial charge in [0.05, 0.1) is 10.7 Å². The number of rotatable bonds is 7. The zero-order valence-corrected chi connectivity index (χ0v) is 21.5. The standard InChI is InChI=1S/C25H38ClN5O3/c1-17(2)27-25(34)30-13-11-29(12-14-30)20-9-10-21(26)22(15-20)28-23(32)16-31(18(3)4)24(33)19-7-5-6-8-19/h9-10,15,17-19H,5-8,11-14,16H2,1-4H3,(H,27,34)(H,28,32). The SMILES string of the molecule is CC(C)NC(=O)N1CCN(c2ccc(Cl)c(NC(=O)CN(C(=O)C3CCCC3)C(C)C)c2)CC1. The highest BCUT2D eigenvalue weighted by Crippen LogP contribution is 2.29. The van der Waals surface area contributed by atoms with Crippen LogP contribution in [0.2, 0.25) is 5.02 Å². The van der Waals surface area contributed by atoms with Gasteiger partial charge in [-0.25, -0.2) is 4.79 Å². The Kier molecular flexibility index (Phi) is 9.05. The number of anilines is 2. The molecule has 1 heterocycles. The largest absolute Gasteiger partial charge is 0.368 e. The zero-order chi connectivity index (χ0) is 24.8. The number of halogens is 1. The topological polar surface area (TPSA) is 85.0 Å². The monoisotopic (exact) mass is 491 g/mol. The summed E-state index contributed by atoms with van der Waals surface area (Å²) in [6.07, 6.45) is 3.97. The summed E-state index contributed by atoms with van der Waals surface area (Å²) in [5.41, 5.74) is 1.47. The molecule has 2 N–H and O–H groups in total. The van der Waals surface area contributed by atoms with Crippen molar-refractivity contribution in [2.45, 2.75) is 65.5 Å². The molecule has 1 aromatic carbocycles. The Morgan fingerprint density at radius 2 is 1.71 bits per heavy atom. The van der Waals surface area contributed by atoms with Crippen LogP contribution in [0.4, 0.5) is 16.2 Å². The van der Waals surface area contributed by atoms with Gasteiger partial charge in [-0.3, -0.25) is 9.59 Å². The number of amides is 4. The maximum atomic E-state index is 12.9. The van der Waals surface area contributed by atoms with E-state index in [1.807, 2.05) is 44.7 Å². The number of hydrogen-bond acceptors (Lipinski definition) is 4. The van der Waals surface area contributed by atoms with E-state index >= 15 is 0 Å². The minimum atomic E-state index is -0.255. The molecule has 0 bridgehead atoms. The van der Waals surface area contributed by atoms with E-state index in [4.69, 9.17) is 11.6 Å². The van der Waals surface area contributed by atoms with Crippen LogP contribution >= 0.6 is 11.6 Å². The van der Waals surface area contributed by atoms with E-state index in [-0.39, 0.29) is 42.4 Å². The number of urea groups is 1. The summed E-state index contributed by atoms with van der Waals surface area (Å²) < 4.78 is 0. The molecule has 9 heteroatoms. The summed E-state index contributed by atoms with van der Waals surface area (Å²) in [6, 6.07) is 5.57. The van der Waals surface area contributed by atoms with Gasteiger partial charge in [-0.15, -0.1) is 0 Å². The second-order valence-electron chi connectivity index (χ2n) is 9.83. The highest BCUT2D eigenvalue weighted by molar-refractivity contribution is 6.33. The second-order valence-corrected chi connectivity index (χ2v) is 10.2. The number of carbonyl (C=O) groups is 3. The fourth-order valence-corrected chi connectivity index (χ4v) is 4.74. The summed E-state index contributed by atoms with van der Waals surface area (Å²) in [7, 11) is 0. The molecule has 4 amide bonds. The lowest BCUT2D eigenvalue weighted by Crippen LogP contribution is -2.52. The van der Waals surface area contributed by atoms with Gasteiger partial charge in [0.1, 0.15) is 6.54 Å². The highest BCUT2D eigenvalue weighted by Gasteiger charge is 2.30. The second kappa shape index (κ2) is 11.8. The van der Waals surface area contributed by atoms with E-state index in [0.717, 1.165) is 31.4 Å². The van der Waals surface area contributed by atoms with Gasteiger partial charge in [0.25, 0.3) is 0 Å². The Morgan fingerprint density at radius 1 is 1.06 bits per heavy atom. The quantitative estimate of drug-likeness (QED) is 0.605. The van der Waals surface area contributed by atoms with Gasteiger partial charge < -0.3 is 25.3 Å². The number of piperazine rings is 1. The van der Waals surface area contributed by atoms with Crippen molar-refractivity contribution in [2.75, 3.05) is 42.9 Å². The number of nitrogens with one attached hydrogen (secondary N) is 2. The van der Waals surface area contributed by atoms with Crippen molar-refractivity contribution in [3.8, 4) is 0 Å². The van der Waals surface area contributed by atoms with Gasteiger partial charge in [0.2, 0.25) is 11.8 Å². The third kappa shape index (κ3) is 6.78. The molecule has 1 saturated carbocycles. The average Bonchev–Trinajstić information content (AvgIpc) is 3.33. The number of hydrogen-bond donors (Lipinski definition) is 2. The van der Waals surface area contributed by atoms with Crippen LogP contribution in [-0.4, -0.2) is 72.5 Å². The van der Waals surface area contributed by atoms with Crippen molar-refractivity contribution in [3.05, 3.63) is 23.2 Å². The lowest BCUT2D eigenvalue weighted by atomic mass is 10.1. The molecule has 2 fully saturated rings. The fraction of sp³-hybridized carbons (Fsp3) is 0.640. The van der Waals surface area contributed by atoms with E-state index in [2.05, 4.69) is 15.5 Å². The molecule has 0 radical (unpaired) electrons. The van der Waals surface area contributed by atoms with Crippen molar-refractivity contribution in [3.63, 3.8) is 0 Å². The van der Waals surface area contributed by atoms with Crippen LogP contribution in [0.5, 0.6) is 0 Å². The maximum Gasteiger partial charge on any atom is 0.317 e. The zero-order valence-electron chi connectivity index (χ0n) is 20.8. The van der Waals surface area contributed by atoms with Crippen LogP contribution in [0.25, 0.3) is 0 Å². The Labute approximate surface area is 208 Å². The van der Waals surface area contributed by atoms with Gasteiger partial charge in [0, 0.05) is 49.9 Å². The van der Waals surface area contributed by atoms with E-state index in [9.17, 15) is 14.4 Å². The van der Waals surface area contributed by atoms with Crippen LogP contribution in [-0.2, 0) is 9.59 Å². The molecule has 1 aliphatic carbocycles. The van der Waals surface area contributed by atoms with E-state index in [1.54, 1.807) is 11.0 Å². The van der Waals surface area contributed by atoms with Gasteiger partial charge in [-0.2, -0.15) is 0 Å². The van der Waals surface area contributed by atoms with Gasteiger partial charge in [-0.05, 0) is 58.7 Å². The van der Waals surface area contributed by atoms with Crippen molar-refractivity contribution >= 4 is 40.8 Å². The van der Waals surface area contributed by atoms with Crippen LogP contribution in [0.1, 0.15) is 53.4 Å². The smallest absolute Gasteiger partial charge is 0.317 e. The minimum absolute atomic E-state index is 0.0111. The lowest BCUT2D eigenvalue weighted by Gasteiger charge is -2.36. The first-order valence-corrected chi connectivity index (χ1v) is 12.7.